The van der Waals surface area contributed by atoms with Gasteiger partial charge in [-0.1, -0.05) is 107 Å². The first-order valence-electron chi connectivity index (χ1n) is 17.8. The summed E-state index contributed by atoms with van der Waals surface area (Å²) < 4.78 is 13.0. The van der Waals surface area contributed by atoms with Gasteiger partial charge >= 0.3 is 5.97 Å². The number of carbonyl (C=O) groups is 1. The number of allylic oxidation sites excluding steroid dienone is 1. The minimum atomic E-state index is -2.65. The van der Waals surface area contributed by atoms with Crippen molar-refractivity contribution < 1.29 is 24.2 Å². The van der Waals surface area contributed by atoms with Crippen LogP contribution in [0.25, 0.3) is 0 Å². The van der Waals surface area contributed by atoms with Crippen molar-refractivity contribution in [3.63, 3.8) is 0 Å². The van der Waals surface area contributed by atoms with E-state index in [2.05, 4.69) is 101 Å². The third-order valence-corrected chi connectivity index (χ3v) is 18.5. The summed E-state index contributed by atoms with van der Waals surface area (Å²) in [6, 6.07) is 21.9. The van der Waals surface area contributed by atoms with Crippen LogP contribution >= 0.6 is 0 Å². The van der Waals surface area contributed by atoms with Gasteiger partial charge in [-0.05, 0) is 97.4 Å². The van der Waals surface area contributed by atoms with Crippen LogP contribution < -0.4 is 10.4 Å². The number of carbonyl (C=O) groups excluding carboxylic acids is 1. The summed E-state index contributed by atoms with van der Waals surface area (Å²) in [4.78, 5) is 12.9. The fourth-order valence-electron chi connectivity index (χ4n) is 11.0. The normalized spacial score (nSPS) is 36.5. The van der Waals surface area contributed by atoms with Crippen molar-refractivity contribution in [1.29, 1.82) is 0 Å². The monoisotopic (exact) mass is 644 g/mol. The van der Waals surface area contributed by atoms with Gasteiger partial charge in [0.2, 0.25) is 0 Å². The molecule has 2 aromatic carbocycles. The molecule has 0 aromatic heterocycles. The molecule has 250 valence electrons. The van der Waals surface area contributed by atoms with E-state index < -0.39 is 37.3 Å². The minimum Gasteiger partial charge on any atom is -0.466 e. The summed E-state index contributed by atoms with van der Waals surface area (Å²) in [6.07, 6.45) is 8.08. The maximum absolute atomic E-state index is 12.9. The molecule has 6 rings (SSSR count). The Bertz CT molecular complexity index is 1400. The third kappa shape index (κ3) is 4.92. The molecule has 0 aliphatic heterocycles. The third-order valence-electron chi connectivity index (χ3n) is 13.4. The lowest BCUT2D eigenvalue weighted by Gasteiger charge is -2.59. The topological polar surface area (TPSA) is 76.0 Å². The van der Waals surface area contributed by atoms with Crippen molar-refractivity contribution in [1.82, 2.24) is 0 Å². The van der Waals surface area contributed by atoms with Gasteiger partial charge in [-0.3, -0.25) is 4.79 Å². The lowest BCUT2D eigenvalue weighted by Crippen LogP contribution is -2.68. The summed E-state index contributed by atoms with van der Waals surface area (Å²) in [5, 5.41) is 26.2. The van der Waals surface area contributed by atoms with E-state index in [-0.39, 0.29) is 29.1 Å². The van der Waals surface area contributed by atoms with E-state index >= 15 is 0 Å². The largest absolute Gasteiger partial charge is 0.466 e. The molecule has 4 aliphatic carbocycles. The van der Waals surface area contributed by atoms with Crippen LogP contribution in [0, 0.1) is 34.5 Å². The van der Waals surface area contributed by atoms with Crippen LogP contribution in [0.15, 0.2) is 72.3 Å². The lowest BCUT2D eigenvalue weighted by molar-refractivity contribution is -0.196. The van der Waals surface area contributed by atoms with Gasteiger partial charge in [0.25, 0.3) is 8.32 Å². The zero-order valence-electron chi connectivity index (χ0n) is 29.1. The van der Waals surface area contributed by atoms with Crippen LogP contribution in [0.3, 0.4) is 0 Å². The van der Waals surface area contributed by atoms with Gasteiger partial charge < -0.3 is 19.4 Å². The Morgan fingerprint density at radius 1 is 0.978 bits per heavy atom. The number of esters is 1. The summed E-state index contributed by atoms with van der Waals surface area (Å²) in [6.45, 7) is 15.5. The Labute approximate surface area is 277 Å². The van der Waals surface area contributed by atoms with Gasteiger partial charge in [0.1, 0.15) is 5.60 Å². The highest BCUT2D eigenvalue weighted by atomic mass is 28.4. The van der Waals surface area contributed by atoms with Gasteiger partial charge in [-0.25, -0.2) is 0 Å². The lowest BCUT2D eigenvalue weighted by atomic mass is 9.46. The van der Waals surface area contributed by atoms with Gasteiger partial charge in [0, 0.05) is 11.5 Å². The zero-order chi connectivity index (χ0) is 33.1. The Balaban J connectivity index is 1.29. The van der Waals surface area contributed by atoms with Gasteiger partial charge in [-0.2, -0.15) is 0 Å². The SMILES string of the molecule is CCOC(=O)[C@H](C)[C@@]1(O)[C@H](O)C[C@H]2[C@@H]3CC=C4C[C@@H](O[Si](c5ccccc5)(c5ccccc5)C(C)(C)C)CC[C@]4(C)[C@H]3CC[C@@]21C. The van der Waals surface area contributed by atoms with Crippen LogP contribution in [0.1, 0.15) is 93.4 Å². The molecule has 6 heteroatoms. The molecular formula is C40H56O5Si. The molecule has 0 saturated heterocycles. The van der Waals surface area contributed by atoms with E-state index in [0.717, 1.165) is 38.5 Å². The van der Waals surface area contributed by atoms with Gasteiger partial charge in [0.05, 0.1) is 18.6 Å². The number of fused-ring (bicyclic) bond motifs is 5. The van der Waals surface area contributed by atoms with Crippen molar-refractivity contribution in [3.05, 3.63) is 72.3 Å². The van der Waals surface area contributed by atoms with Crippen LogP contribution in [0.5, 0.6) is 0 Å². The first-order valence-corrected chi connectivity index (χ1v) is 19.7. The molecule has 0 bridgehead atoms. The van der Waals surface area contributed by atoms with E-state index in [4.69, 9.17) is 9.16 Å². The first kappa shape index (κ1) is 33.6. The Kier molecular flexibility index (Phi) is 8.79. The van der Waals surface area contributed by atoms with E-state index in [1.807, 2.05) is 0 Å². The summed E-state index contributed by atoms with van der Waals surface area (Å²) >= 11 is 0. The van der Waals surface area contributed by atoms with Crippen LogP contribution in [0.4, 0.5) is 0 Å². The van der Waals surface area contributed by atoms with Crippen LogP contribution in [0.2, 0.25) is 5.04 Å². The fraction of sp³-hybridized carbons (Fsp3) is 0.625. The molecule has 3 saturated carbocycles. The molecule has 4 aliphatic rings. The number of rotatable bonds is 7. The summed E-state index contributed by atoms with van der Waals surface area (Å²) in [5.41, 5.74) is -0.402. The van der Waals surface area contributed by atoms with Gasteiger partial charge in [-0.15, -0.1) is 0 Å². The molecule has 0 spiro atoms. The zero-order valence-corrected chi connectivity index (χ0v) is 30.1. The second kappa shape index (κ2) is 12.0. The van der Waals surface area contributed by atoms with E-state index in [9.17, 15) is 15.0 Å². The number of hydrogen-bond acceptors (Lipinski definition) is 5. The number of aliphatic hydroxyl groups is 2. The smallest absolute Gasteiger partial charge is 0.311 e. The highest BCUT2D eigenvalue weighted by Crippen LogP contribution is 2.68. The highest BCUT2D eigenvalue weighted by Gasteiger charge is 2.69. The first-order chi connectivity index (χ1) is 21.7. The number of hydrogen-bond donors (Lipinski definition) is 2. The quantitative estimate of drug-likeness (QED) is 0.197. The fourth-order valence-corrected chi connectivity index (χ4v) is 15.7. The van der Waals surface area contributed by atoms with Crippen LogP contribution in [-0.4, -0.2) is 48.9 Å². The van der Waals surface area contributed by atoms with Crippen molar-refractivity contribution in [2.24, 2.45) is 34.5 Å². The van der Waals surface area contributed by atoms with Crippen LogP contribution in [-0.2, 0) is 14.0 Å². The number of aliphatic hydroxyl groups excluding tert-OH is 1. The highest BCUT2D eigenvalue weighted by molar-refractivity contribution is 6.99. The second-order valence-corrected chi connectivity index (χ2v) is 20.7. The van der Waals surface area contributed by atoms with Crippen molar-refractivity contribution in [2.45, 2.75) is 116 Å². The number of ether oxygens (including phenoxy) is 1. The van der Waals surface area contributed by atoms with Crippen molar-refractivity contribution >= 4 is 24.7 Å². The Morgan fingerprint density at radius 2 is 1.59 bits per heavy atom. The molecule has 3 fully saturated rings. The molecular weight excluding hydrogens is 589 g/mol. The molecule has 46 heavy (non-hydrogen) atoms. The second-order valence-electron chi connectivity index (χ2n) is 16.4. The van der Waals surface area contributed by atoms with Crippen molar-refractivity contribution in [2.75, 3.05) is 6.61 Å². The average Bonchev–Trinajstić information content (AvgIpc) is 3.25. The summed E-state index contributed by atoms with van der Waals surface area (Å²) in [7, 11) is -2.65. The molecule has 0 radical (unpaired) electrons. The number of benzene rings is 2. The summed E-state index contributed by atoms with van der Waals surface area (Å²) in [5.74, 6) is -0.159. The van der Waals surface area contributed by atoms with Gasteiger partial charge in [0.15, 0.2) is 0 Å². The maximum Gasteiger partial charge on any atom is 0.311 e. The molecule has 5 nitrogen and oxygen atoms in total. The van der Waals surface area contributed by atoms with E-state index in [1.54, 1.807) is 19.4 Å². The predicted octanol–water partition coefficient (Wildman–Crippen LogP) is 6.80. The molecule has 9 atom stereocenters. The molecule has 2 N–H and O–H groups in total. The van der Waals surface area contributed by atoms with E-state index in [0.29, 0.717) is 18.3 Å². The molecule has 0 unspecified atom stereocenters. The molecule has 0 heterocycles. The molecule has 0 amide bonds. The predicted molar refractivity (Wildman–Crippen MR) is 186 cm³/mol. The Hall–Kier alpha value is -2.25. The van der Waals surface area contributed by atoms with Crippen molar-refractivity contribution in [3.8, 4) is 0 Å². The Morgan fingerprint density at radius 3 is 2.15 bits per heavy atom. The standard InChI is InChI=1S/C40H56O5Si/c1-8-44-36(42)27(2)40(43)35(41)26-34-32-20-19-28-25-29(21-23-38(28,6)33(32)22-24-39(34,40)7)45-46(37(3,4)5,30-15-11-9-12-16-30)31-17-13-10-14-18-31/h9-19,27,29,32-35,41,43H,8,20-26H2,1-7H3/t27-,29-,32+,33-,34-,35+,38-,39-,40+/m0/s1. The minimum absolute atomic E-state index is 0.0584. The average molecular weight is 645 g/mol. The molecule has 2 aromatic rings. The van der Waals surface area contributed by atoms with E-state index in [1.165, 1.54) is 10.4 Å². The maximum atomic E-state index is 12.9.